The molecule has 5 heteroatoms. The summed E-state index contributed by atoms with van der Waals surface area (Å²) in [6, 6.07) is 7.16. The van der Waals surface area contributed by atoms with Gasteiger partial charge in [-0.1, -0.05) is 13.0 Å². The van der Waals surface area contributed by atoms with E-state index in [-0.39, 0.29) is 11.5 Å². The monoisotopic (exact) mass is 355 g/mol. The van der Waals surface area contributed by atoms with Gasteiger partial charge in [-0.3, -0.25) is 9.69 Å². The Morgan fingerprint density at radius 2 is 2.28 bits per heavy atom. The Morgan fingerprint density at radius 3 is 3.04 bits per heavy atom. The fourth-order valence-corrected chi connectivity index (χ4v) is 4.25. The zero-order valence-electron chi connectivity index (χ0n) is 14.2. The van der Waals surface area contributed by atoms with Gasteiger partial charge in [0.25, 0.3) is 0 Å². The van der Waals surface area contributed by atoms with E-state index in [1.54, 1.807) is 29.5 Å². The van der Waals surface area contributed by atoms with E-state index in [2.05, 4.69) is 11.8 Å². The maximum absolute atomic E-state index is 12.6. The number of piperidine rings is 1. The third-order valence-corrected chi connectivity index (χ3v) is 5.67. The van der Waals surface area contributed by atoms with Gasteiger partial charge in [-0.2, -0.15) is 0 Å². The van der Waals surface area contributed by atoms with E-state index in [4.69, 9.17) is 4.74 Å². The number of carbonyl (C=O) groups excluding carboxylic acids is 1. The van der Waals surface area contributed by atoms with Crippen LogP contribution in [0, 0.1) is 5.92 Å². The fourth-order valence-electron chi connectivity index (χ4n) is 3.61. The number of nitrogens with zero attached hydrogens (tertiary/aromatic N) is 1. The summed E-state index contributed by atoms with van der Waals surface area (Å²) in [6.07, 6.45) is 4.19. The van der Waals surface area contributed by atoms with Crippen LogP contribution < -0.4 is 4.74 Å². The third-order valence-electron chi connectivity index (χ3n) is 4.86. The Balaban J connectivity index is 1.64. The molecule has 1 saturated heterocycles. The van der Waals surface area contributed by atoms with Crippen molar-refractivity contribution in [2.24, 2.45) is 5.92 Å². The minimum Gasteiger partial charge on any atom is -0.507 e. The molecule has 1 fully saturated rings. The molecule has 1 N–H and O–H groups in total. The third kappa shape index (κ3) is 3.22. The number of phenolic OH excluding ortho intramolecular Hbond substituents is 1. The number of fused-ring (bicyclic) bond motifs is 1. The predicted octanol–water partition coefficient (Wildman–Crippen LogP) is 4.30. The van der Waals surface area contributed by atoms with E-state index in [1.807, 2.05) is 17.5 Å². The molecular formula is C20H21NO3S. The maximum atomic E-state index is 12.6. The molecule has 1 aromatic carbocycles. The number of rotatable bonds is 3. The van der Waals surface area contributed by atoms with Crippen molar-refractivity contribution in [3.8, 4) is 11.5 Å². The van der Waals surface area contributed by atoms with Crippen LogP contribution in [0.1, 0.15) is 40.6 Å². The van der Waals surface area contributed by atoms with Gasteiger partial charge in [0.15, 0.2) is 5.76 Å². The van der Waals surface area contributed by atoms with Crippen molar-refractivity contribution < 1.29 is 14.6 Å². The first-order valence-corrected chi connectivity index (χ1v) is 9.54. The summed E-state index contributed by atoms with van der Waals surface area (Å²) in [5, 5.41) is 12.3. The van der Waals surface area contributed by atoms with Crippen molar-refractivity contribution in [2.45, 2.75) is 26.3 Å². The van der Waals surface area contributed by atoms with Crippen molar-refractivity contribution in [1.29, 1.82) is 0 Å². The van der Waals surface area contributed by atoms with E-state index in [9.17, 15) is 9.90 Å². The van der Waals surface area contributed by atoms with Crippen LogP contribution in [0.2, 0.25) is 0 Å². The zero-order valence-corrected chi connectivity index (χ0v) is 15.0. The highest BCUT2D eigenvalue weighted by atomic mass is 32.1. The second-order valence-corrected chi connectivity index (χ2v) is 7.86. The van der Waals surface area contributed by atoms with E-state index in [1.165, 1.54) is 12.8 Å². The van der Waals surface area contributed by atoms with Gasteiger partial charge in [-0.15, -0.1) is 11.3 Å². The molecule has 4 nitrogen and oxygen atoms in total. The first-order chi connectivity index (χ1) is 12.1. The highest BCUT2D eigenvalue weighted by Crippen LogP contribution is 2.40. The van der Waals surface area contributed by atoms with E-state index in [0.29, 0.717) is 29.5 Å². The molecule has 1 atom stereocenters. The number of aromatic hydroxyl groups is 1. The lowest BCUT2D eigenvalue weighted by Crippen LogP contribution is -2.33. The Hall–Kier alpha value is -2.11. The van der Waals surface area contributed by atoms with Crippen molar-refractivity contribution in [3.05, 3.63) is 51.4 Å². The van der Waals surface area contributed by atoms with Crippen LogP contribution in [0.25, 0.3) is 6.08 Å². The number of likely N-dealkylation sites (tertiary alicyclic amines) is 1. The van der Waals surface area contributed by atoms with E-state index >= 15 is 0 Å². The second kappa shape index (κ2) is 6.65. The number of benzene rings is 1. The number of hydrogen-bond donors (Lipinski definition) is 1. The van der Waals surface area contributed by atoms with Gasteiger partial charge in [-0.05, 0) is 48.9 Å². The number of ether oxygens (including phenoxy) is 1. The molecule has 1 aromatic heterocycles. The number of thiophene rings is 1. The SMILES string of the molecule is CC1CCCN(Cc2c(O)ccc3c2OC(=Cc2cccs2)C3=O)C1. The summed E-state index contributed by atoms with van der Waals surface area (Å²) in [6.45, 7) is 4.89. The molecule has 2 aliphatic rings. The molecule has 4 rings (SSSR count). The van der Waals surface area contributed by atoms with Gasteiger partial charge in [-0.25, -0.2) is 0 Å². The fraction of sp³-hybridized carbons (Fsp3) is 0.350. The van der Waals surface area contributed by atoms with Gasteiger partial charge >= 0.3 is 0 Å². The summed E-state index contributed by atoms with van der Waals surface area (Å²) in [4.78, 5) is 16.0. The van der Waals surface area contributed by atoms with Crippen LogP contribution in [0.4, 0.5) is 0 Å². The second-order valence-electron chi connectivity index (χ2n) is 6.88. The van der Waals surface area contributed by atoms with Crippen LogP contribution in [0.5, 0.6) is 11.5 Å². The normalized spacial score (nSPS) is 22.2. The lowest BCUT2D eigenvalue weighted by atomic mass is 9.99. The summed E-state index contributed by atoms with van der Waals surface area (Å²) in [7, 11) is 0. The van der Waals surface area contributed by atoms with E-state index in [0.717, 1.165) is 23.5 Å². The molecule has 2 aromatic rings. The predicted molar refractivity (Wildman–Crippen MR) is 99.0 cm³/mol. The van der Waals surface area contributed by atoms with Crippen molar-refractivity contribution in [3.63, 3.8) is 0 Å². The molecule has 0 spiro atoms. The number of allylic oxidation sites excluding steroid dienone is 1. The summed E-state index contributed by atoms with van der Waals surface area (Å²) >= 11 is 1.56. The lowest BCUT2D eigenvalue weighted by Gasteiger charge is -2.31. The minimum atomic E-state index is -0.114. The number of phenols is 1. The Morgan fingerprint density at radius 1 is 1.40 bits per heavy atom. The lowest BCUT2D eigenvalue weighted by molar-refractivity contribution is 0.101. The van der Waals surface area contributed by atoms with Crippen molar-refractivity contribution in [1.82, 2.24) is 4.90 Å². The Labute approximate surface area is 151 Å². The summed E-state index contributed by atoms with van der Waals surface area (Å²) < 4.78 is 5.90. The van der Waals surface area contributed by atoms with Gasteiger partial charge < -0.3 is 9.84 Å². The van der Waals surface area contributed by atoms with Gasteiger partial charge in [0.05, 0.1) is 11.1 Å². The number of ketones is 1. The smallest absolute Gasteiger partial charge is 0.232 e. The van der Waals surface area contributed by atoms with Crippen LogP contribution in [0.3, 0.4) is 0 Å². The topological polar surface area (TPSA) is 49.8 Å². The molecule has 25 heavy (non-hydrogen) atoms. The van der Waals surface area contributed by atoms with Gasteiger partial charge in [0, 0.05) is 24.0 Å². The summed E-state index contributed by atoms with van der Waals surface area (Å²) in [5.74, 6) is 1.59. The van der Waals surface area contributed by atoms with Crippen molar-refractivity contribution >= 4 is 23.2 Å². The van der Waals surface area contributed by atoms with Crippen LogP contribution >= 0.6 is 11.3 Å². The highest BCUT2D eigenvalue weighted by molar-refractivity contribution is 7.10. The van der Waals surface area contributed by atoms with Crippen LogP contribution in [-0.4, -0.2) is 28.9 Å². The molecular weight excluding hydrogens is 334 g/mol. The Bertz CT molecular complexity index is 826. The molecule has 2 aliphatic heterocycles. The zero-order chi connectivity index (χ0) is 17.4. The average Bonchev–Trinajstić information content (AvgIpc) is 3.20. The quantitative estimate of drug-likeness (QED) is 0.834. The molecule has 1 unspecified atom stereocenters. The molecule has 0 radical (unpaired) electrons. The molecule has 0 amide bonds. The highest BCUT2D eigenvalue weighted by Gasteiger charge is 2.32. The molecule has 0 bridgehead atoms. The number of hydrogen-bond acceptors (Lipinski definition) is 5. The summed E-state index contributed by atoms with van der Waals surface area (Å²) in [5.41, 5.74) is 1.26. The van der Waals surface area contributed by atoms with Gasteiger partial charge in [0.2, 0.25) is 5.78 Å². The van der Waals surface area contributed by atoms with E-state index < -0.39 is 0 Å². The minimum absolute atomic E-state index is 0.114. The number of carbonyl (C=O) groups is 1. The van der Waals surface area contributed by atoms with Crippen molar-refractivity contribution in [2.75, 3.05) is 13.1 Å². The largest absolute Gasteiger partial charge is 0.507 e. The first kappa shape index (κ1) is 16.4. The molecule has 130 valence electrons. The molecule has 0 saturated carbocycles. The maximum Gasteiger partial charge on any atom is 0.232 e. The molecule has 0 aliphatic carbocycles. The van der Waals surface area contributed by atoms with Crippen LogP contribution in [0.15, 0.2) is 35.4 Å². The van der Waals surface area contributed by atoms with Gasteiger partial charge in [0.1, 0.15) is 11.5 Å². The number of Topliss-reactive ketones (excluding diaryl/α,β-unsaturated/α-hetero) is 1. The Kier molecular flexibility index (Phi) is 4.36. The molecule has 3 heterocycles. The first-order valence-electron chi connectivity index (χ1n) is 8.67. The van der Waals surface area contributed by atoms with Crippen LogP contribution in [-0.2, 0) is 6.54 Å². The standard InChI is InChI=1S/C20H21NO3S/c1-13-4-2-8-21(11-13)12-16-17(22)7-6-15-19(23)18(24-20(15)16)10-14-5-3-9-25-14/h3,5-7,9-10,13,22H,2,4,8,11-12H2,1H3. The average molecular weight is 355 g/mol.